The third kappa shape index (κ3) is 5.44. The van der Waals surface area contributed by atoms with Gasteiger partial charge in [-0.25, -0.2) is 9.59 Å². The molecule has 0 bridgehead atoms. The number of nitrogens with zero attached hydrogens (tertiary/aromatic N) is 2. The number of hydrogen-bond acceptors (Lipinski definition) is 9. The summed E-state index contributed by atoms with van der Waals surface area (Å²) in [6, 6.07) is 5.16. The summed E-state index contributed by atoms with van der Waals surface area (Å²) < 4.78 is 14.4. The molecule has 0 aromatic heterocycles. The average Bonchev–Trinajstić information content (AvgIpc) is 2.72. The number of benzene rings is 2. The van der Waals surface area contributed by atoms with Gasteiger partial charge in [0.25, 0.3) is 11.4 Å². The van der Waals surface area contributed by atoms with Gasteiger partial charge in [0, 0.05) is 23.3 Å². The second-order valence-electron chi connectivity index (χ2n) is 5.88. The first-order valence-electron chi connectivity index (χ1n) is 8.47. The molecular formula is C19H20N2O10. The molecule has 2 aromatic rings. The Kier molecular flexibility index (Phi) is 8.43. The van der Waals surface area contributed by atoms with Crippen LogP contribution in [0, 0.1) is 34.1 Å². The second-order valence-corrected chi connectivity index (χ2v) is 5.88. The number of nitro groups is 2. The highest BCUT2D eigenvalue weighted by molar-refractivity contribution is 5.96. The average molecular weight is 436 g/mol. The van der Waals surface area contributed by atoms with E-state index in [4.69, 9.17) is 14.6 Å². The highest BCUT2D eigenvalue weighted by Gasteiger charge is 2.26. The minimum Gasteiger partial charge on any atom is -0.496 e. The van der Waals surface area contributed by atoms with Crippen LogP contribution in [0.1, 0.15) is 31.8 Å². The number of aromatic carboxylic acids is 1. The topological polar surface area (TPSA) is 168 Å². The van der Waals surface area contributed by atoms with Gasteiger partial charge in [-0.1, -0.05) is 0 Å². The normalized spacial score (nSPS) is 9.71. The fraction of sp³-hybridized carbons (Fsp3) is 0.263. The number of rotatable bonds is 6. The van der Waals surface area contributed by atoms with E-state index < -0.39 is 27.5 Å². The lowest BCUT2D eigenvalue weighted by molar-refractivity contribution is -0.385. The molecule has 0 heterocycles. The van der Waals surface area contributed by atoms with E-state index in [0.717, 1.165) is 6.07 Å². The quantitative estimate of drug-likeness (QED) is 0.403. The Morgan fingerprint density at radius 3 is 1.52 bits per heavy atom. The summed E-state index contributed by atoms with van der Waals surface area (Å²) in [6.45, 7) is 3.04. The maximum atomic E-state index is 11.4. The Bertz CT molecular complexity index is 1030. The van der Waals surface area contributed by atoms with E-state index >= 15 is 0 Å². The maximum Gasteiger partial charge on any atom is 0.345 e. The number of hydrogen-bond donors (Lipinski definition) is 1. The summed E-state index contributed by atoms with van der Waals surface area (Å²) in [5, 5.41) is 30.2. The minimum absolute atomic E-state index is 0.0770. The van der Waals surface area contributed by atoms with Crippen LogP contribution in [-0.2, 0) is 4.74 Å². The van der Waals surface area contributed by atoms with Crippen molar-refractivity contribution in [3.05, 3.63) is 66.7 Å². The lowest BCUT2D eigenvalue weighted by Crippen LogP contribution is -2.09. The van der Waals surface area contributed by atoms with Crippen LogP contribution in [0.4, 0.5) is 11.4 Å². The highest BCUT2D eigenvalue weighted by atomic mass is 16.6. The van der Waals surface area contributed by atoms with E-state index in [1.54, 1.807) is 6.92 Å². The van der Waals surface area contributed by atoms with Gasteiger partial charge in [0.15, 0.2) is 0 Å². The number of esters is 1. The monoisotopic (exact) mass is 436 g/mol. The predicted molar refractivity (Wildman–Crippen MR) is 107 cm³/mol. The van der Waals surface area contributed by atoms with E-state index in [1.165, 1.54) is 46.5 Å². The molecular weight excluding hydrogens is 416 g/mol. The van der Waals surface area contributed by atoms with Crippen molar-refractivity contribution in [2.24, 2.45) is 0 Å². The summed E-state index contributed by atoms with van der Waals surface area (Å²) in [5.41, 5.74) is -0.486. The molecule has 0 aliphatic rings. The first-order chi connectivity index (χ1) is 14.5. The zero-order valence-electron chi connectivity index (χ0n) is 17.3. The van der Waals surface area contributed by atoms with Crippen molar-refractivity contribution in [3.63, 3.8) is 0 Å². The molecule has 0 atom stereocenters. The van der Waals surface area contributed by atoms with Gasteiger partial charge in [-0.05, 0) is 26.0 Å². The molecule has 0 spiro atoms. The van der Waals surface area contributed by atoms with Crippen molar-refractivity contribution < 1.29 is 38.8 Å². The maximum absolute atomic E-state index is 11.4. The van der Waals surface area contributed by atoms with Crippen LogP contribution >= 0.6 is 0 Å². The summed E-state index contributed by atoms with van der Waals surface area (Å²) in [7, 11) is 3.97. The summed E-state index contributed by atoms with van der Waals surface area (Å²) in [5.74, 6) is -1.36. The third-order valence-corrected chi connectivity index (χ3v) is 4.22. The Balaban J connectivity index is 0.000000311. The standard InChI is InChI=1S/C10H11NO5.C9H9NO5/c1-6-8(15-2)5-4-7(11(13)14)9(6)10(12)16-3;1-5-7(15-2)4-3-6(10(13)14)8(5)9(11)12/h4-5H,1-3H3;3-4H,1-2H3,(H,11,12). The zero-order chi connectivity index (χ0) is 23.9. The molecule has 166 valence electrons. The van der Waals surface area contributed by atoms with Gasteiger partial charge >= 0.3 is 11.9 Å². The molecule has 0 aliphatic carbocycles. The van der Waals surface area contributed by atoms with Gasteiger partial charge in [-0.15, -0.1) is 0 Å². The number of ether oxygens (including phenoxy) is 3. The second kappa shape index (κ2) is 10.5. The Hall–Kier alpha value is -4.22. The van der Waals surface area contributed by atoms with Crippen LogP contribution in [0.3, 0.4) is 0 Å². The fourth-order valence-electron chi connectivity index (χ4n) is 2.73. The molecule has 31 heavy (non-hydrogen) atoms. The number of nitro benzene ring substituents is 2. The van der Waals surface area contributed by atoms with Crippen molar-refractivity contribution in [2.45, 2.75) is 13.8 Å². The molecule has 0 saturated carbocycles. The van der Waals surface area contributed by atoms with Gasteiger partial charge in [-0.2, -0.15) is 0 Å². The zero-order valence-corrected chi connectivity index (χ0v) is 17.3. The van der Waals surface area contributed by atoms with Crippen molar-refractivity contribution in [1.29, 1.82) is 0 Å². The largest absolute Gasteiger partial charge is 0.496 e. The van der Waals surface area contributed by atoms with Gasteiger partial charge in [0.05, 0.1) is 31.2 Å². The molecule has 0 fully saturated rings. The summed E-state index contributed by atoms with van der Waals surface area (Å²) in [6.07, 6.45) is 0. The van der Waals surface area contributed by atoms with E-state index in [2.05, 4.69) is 4.74 Å². The SMILES string of the molecule is COC(=O)c1c([N+](=O)[O-])ccc(OC)c1C.COc1ccc([N+](=O)[O-])c(C(=O)O)c1C. The van der Waals surface area contributed by atoms with Crippen LogP contribution in [0.2, 0.25) is 0 Å². The molecule has 0 radical (unpaired) electrons. The molecule has 12 heteroatoms. The van der Waals surface area contributed by atoms with Crippen LogP contribution < -0.4 is 9.47 Å². The first kappa shape index (κ1) is 24.8. The minimum atomic E-state index is -1.34. The van der Waals surface area contributed by atoms with Crippen LogP contribution in [-0.4, -0.2) is 48.2 Å². The van der Waals surface area contributed by atoms with Crippen LogP contribution in [0.25, 0.3) is 0 Å². The Labute approximate surface area is 176 Å². The fourth-order valence-corrected chi connectivity index (χ4v) is 2.73. The predicted octanol–water partition coefficient (Wildman–Crippen LogP) is 3.31. The summed E-state index contributed by atoms with van der Waals surface area (Å²) >= 11 is 0. The van der Waals surface area contributed by atoms with E-state index in [9.17, 15) is 29.8 Å². The number of carboxylic acid groups (broad SMARTS) is 1. The van der Waals surface area contributed by atoms with Crippen molar-refractivity contribution in [1.82, 2.24) is 0 Å². The van der Waals surface area contributed by atoms with Crippen molar-refractivity contribution in [3.8, 4) is 11.5 Å². The Morgan fingerprint density at radius 1 is 0.806 bits per heavy atom. The molecule has 0 aliphatic heterocycles. The van der Waals surface area contributed by atoms with E-state index in [0.29, 0.717) is 17.1 Å². The number of methoxy groups -OCH3 is 3. The molecule has 2 rings (SSSR count). The first-order valence-corrected chi connectivity index (χ1v) is 8.47. The molecule has 0 saturated heterocycles. The van der Waals surface area contributed by atoms with Crippen LogP contribution in [0.5, 0.6) is 11.5 Å². The van der Waals surface area contributed by atoms with Gasteiger partial charge in [0.2, 0.25) is 0 Å². The molecule has 0 unspecified atom stereocenters. The highest BCUT2D eigenvalue weighted by Crippen LogP contribution is 2.30. The van der Waals surface area contributed by atoms with Crippen molar-refractivity contribution >= 4 is 23.3 Å². The van der Waals surface area contributed by atoms with E-state index in [1.807, 2.05) is 0 Å². The molecule has 1 N–H and O–H groups in total. The molecule has 12 nitrogen and oxygen atoms in total. The Morgan fingerprint density at radius 2 is 1.19 bits per heavy atom. The molecule has 2 aromatic carbocycles. The number of carbonyl (C=O) groups is 2. The number of carboxylic acids is 1. The van der Waals surface area contributed by atoms with Crippen LogP contribution in [0.15, 0.2) is 24.3 Å². The van der Waals surface area contributed by atoms with Gasteiger partial charge in [0.1, 0.15) is 22.6 Å². The third-order valence-electron chi connectivity index (χ3n) is 4.22. The van der Waals surface area contributed by atoms with E-state index in [-0.39, 0.29) is 22.4 Å². The van der Waals surface area contributed by atoms with Crippen molar-refractivity contribution in [2.75, 3.05) is 21.3 Å². The summed E-state index contributed by atoms with van der Waals surface area (Å²) in [4.78, 5) is 42.3. The lowest BCUT2D eigenvalue weighted by Gasteiger charge is -2.08. The smallest absolute Gasteiger partial charge is 0.345 e. The van der Waals surface area contributed by atoms with Gasteiger partial charge < -0.3 is 19.3 Å². The molecule has 0 amide bonds. The lowest BCUT2D eigenvalue weighted by atomic mass is 10.1. The number of carbonyl (C=O) groups excluding carboxylic acids is 1. The van der Waals surface area contributed by atoms with Gasteiger partial charge in [-0.3, -0.25) is 20.2 Å².